The molecule has 108 valence electrons. The van der Waals surface area contributed by atoms with Crippen LogP contribution in [0.25, 0.3) is 0 Å². The van der Waals surface area contributed by atoms with E-state index < -0.39 is 0 Å². The lowest BCUT2D eigenvalue weighted by Crippen LogP contribution is -2.34. The molecule has 0 aliphatic heterocycles. The van der Waals surface area contributed by atoms with Crippen LogP contribution in [-0.2, 0) is 11.3 Å². The third kappa shape index (κ3) is 6.60. The van der Waals surface area contributed by atoms with Crippen molar-refractivity contribution in [3.8, 4) is 5.75 Å². The van der Waals surface area contributed by atoms with Crippen LogP contribution in [0.15, 0.2) is 24.3 Å². The quantitative estimate of drug-likeness (QED) is 0.695. The lowest BCUT2D eigenvalue weighted by molar-refractivity contribution is 0.173. The summed E-state index contributed by atoms with van der Waals surface area (Å²) in [5.41, 5.74) is 1.27. The van der Waals surface area contributed by atoms with Gasteiger partial charge in [0.05, 0.1) is 13.2 Å². The topological polar surface area (TPSA) is 30.5 Å². The fraction of sp³-hybridized carbons (Fsp3) is 0.625. The maximum atomic E-state index is 5.89. The molecule has 1 aromatic rings. The lowest BCUT2D eigenvalue weighted by atomic mass is 9.95. The van der Waals surface area contributed by atoms with Crippen molar-refractivity contribution in [3.05, 3.63) is 29.8 Å². The van der Waals surface area contributed by atoms with E-state index in [1.807, 2.05) is 24.3 Å². The summed E-state index contributed by atoms with van der Waals surface area (Å²) in [6.45, 7) is 9.98. The molecule has 0 fully saturated rings. The molecule has 1 rings (SSSR count). The average molecular weight is 265 g/mol. The minimum absolute atomic E-state index is 0.131. The molecular weight excluding hydrogens is 238 g/mol. The third-order valence-electron chi connectivity index (χ3n) is 2.87. The molecule has 0 unspecified atom stereocenters. The Bertz CT molecular complexity index is 364. The molecule has 3 heteroatoms. The molecule has 0 spiro atoms. The summed E-state index contributed by atoms with van der Waals surface area (Å²) in [6.07, 6.45) is 1.16. The Morgan fingerprint density at radius 2 is 2.05 bits per heavy atom. The van der Waals surface area contributed by atoms with Crippen molar-refractivity contribution >= 4 is 0 Å². The third-order valence-corrected chi connectivity index (χ3v) is 2.87. The molecule has 19 heavy (non-hydrogen) atoms. The minimum atomic E-state index is 0.131. The largest absolute Gasteiger partial charge is 0.493 e. The normalized spacial score (nSPS) is 11.6. The van der Waals surface area contributed by atoms with Crippen LogP contribution < -0.4 is 10.1 Å². The molecule has 0 heterocycles. The highest BCUT2D eigenvalue weighted by molar-refractivity contribution is 5.28. The number of nitrogens with one attached hydrogen (secondary N) is 1. The van der Waals surface area contributed by atoms with Crippen molar-refractivity contribution in [2.24, 2.45) is 5.41 Å². The van der Waals surface area contributed by atoms with E-state index in [9.17, 15) is 0 Å². The van der Waals surface area contributed by atoms with Gasteiger partial charge in [-0.05, 0) is 30.7 Å². The Hall–Kier alpha value is -1.06. The number of hydrogen-bond donors (Lipinski definition) is 1. The van der Waals surface area contributed by atoms with Gasteiger partial charge < -0.3 is 14.8 Å². The first-order chi connectivity index (χ1) is 9.07. The molecule has 0 aromatic heterocycles. The van der Waals surface area contributed by atoms with Gasteiger partial charge in [0, 0.05) is 19.1 Å². The van der Waals surface area contributed by atoms with Crippen molar-refractivity contribution in [3.63, 3.8) is 0 Å². The van der Waals surface area contributed by atoms with Gasteiger partial charge in [-0.3, -0.25) is 0 Å². The van der Waals surface area contributed by atoms with Crippen LogP contribution in [0.4, 0.5) is 0 Å². The predicted molar refractivity (Wildman–Crippen MR) is 79.6 cm³/mol. The first kappa shape index (κ1) is 16.0. The molecule has 0 atom stereocenters. The lowest BCUT2D eigenvalue weighted by Gasteiger charge is -2.25. The standard InChI is InChI=1S/C16H27NO2/c1-5-9-17-12-16(2,3)13-19-15-8-6-7-14(10-15)11-18-4/h6-8,10,17H,5,9,11-13H2,1-4H3. The number of ether oxygens (including phenoxy) is 2. The van der Waals surface area contributed by atoms with Crippen LogP contribution in [-0.4, -0.2) is 26.8 Å². The minimum Gasteiger partial charge on any atom is -0.493 e. The molecule has 3 nitrogen and oxygen atoms in total. The molecule has 0 saturated heterocycles. The van der Waals surface area contributed by atoms with Gasteiger partial charge in [-0.25, -0.2) is 0 Å². The summed E-state index contributed by atoms with van der Waals surface area (Å²) in [4.78, 5) is 0. The van der Waals surface area contributed by atoms with Gasteiger partial charge >= 0.3 is 0 Å². The van der Waals surface area contributed by atoms with E-state index in [1.165, 1.54) is 0 Å². The highest BCUT2D eigenvalue weighted by Crippen LogP contribution is 2.19. The first-order valence-electron chi connectivity index (χ1n) is 6.99. The molecule has 0 saturated carbocycles. The molecule has 1 aromatic carbocycles. The zero-order valence-electron chi connectivity index (χ0n) is 12.7. The van der Waals surface area contributed by atoms with E-state index in [1.54, 1.807) is 7.11 Å². The SMILES string of the molecule is CCCNCC(C)(C)COc1cccc(COC)c1. The van der Waals surface area contributed by atoms with Gasteiger partial charge in [-0.2, -0.15) is 0 Å². The van der Waals surface area contributed by atoms with E-state index in [2.05, 4.69) is 26.1 Å². The zero-order valence-corrected chi connectivity index (χ0v) is 12.7. The Morgan fingerprint density at radius 3 is 2.74 bits per heavy atom. The average Bonchev–Trinajstić information content (AvgIpc) is 2.38. The number of rotatable bonds is 9. The fourth-order valence-electron chi connectivity index (χ4n) is 1.83. The fourth-order valence-corrected chi connectivity index (χ4v) is 1.83. The van der Waals surface area contributed by atoms with E-state index in [0.29, 0.717) is 13.2 Å². The Balaban J connectivity index is 2.44. The van der Waals surface area contributed by atoms with Crippen LogP contribution >= 0.6 is 0 Å². The van der Waals surface area contributed by atoms with Crippen LogP contribution in [0.2, 0.25) is 0 Å². The molecule has 0 aliphatic carbocycles. The molecule has 0 amide bonds. The maximum Gasteiger partial charge on any atom is 0.119 e. The number of hydrogen-bond acceptors (Lipinski definition) is 3. The monoisotopic (exact) mass is 265 g/mol. The predicted octanol–water partition coefficient (Wildman–Crippen LogP) is 3.24. The zero-order chi connectivity index (χ0) is 14.1. The van der Waals surface area contributed by atoms with Gasteiger partial charge in [0.15, 0.2) is 0 Å². The summed E-state index contributed by atoms with van der Waals surface area (Å²) < 4.78 is 11.0. The number of methoxy groups -OCH3 is 1. The van der Waals surface area contributed by atoms with Crippen LogP contribution in [0.5, 0.6) is 5.75 Å². The second-order valence-electron chi connectivity index (χ2n) is 5.71. The maximum absolute atomic E-state index is 5.89. The summed E-state index contributed by atoms with van der Waals surface area (Å²) >= 11 is 0. The Morgan fingerprint density at radius 1 is 1.26 bits per heavy atom. The first-order valence-corrected chi connectivity index (χ1v) is 6.99. The van der Waals surface area contributed by atoms with Gasteiger partial charge in [0.25, 0.3) is 0 Å². The highest BCUT2D eigenvalue weighted by Gasteiger charge is 2.18. The van der Waals surface area contributed by atoms with E-state index in [0.717, 1.165) is 30.8 Å². The van der Waals surface area contributed by atoms with Gasteiger partial charge in [0.2, 0.25) is 0 Å². The summed E-state index contributed by atoms with van der Waals surface area (Å²) in [7, 11) is 1.70. The molecule has 1 N–H and O–H groups in total. The van der Waals surface area contributed by atoms with Crippen molar-refractivity contribution in [2.75, 3.05) is 26.8 Å². The second kappa shape index (κ2) is 8.18. The van der Waals surface area contributed by atoms with Gasteiger partial charge in [0.1, 0.15) is 5.75 Å². The highest BCUT2D eigenvalue weighted by atomic mass is 16.5. The summed E-state index contributed by atoms with van der Waals surface area (Å²) in [5, 5.41) is 3.44. The summed E-state index contributed by atoms with van der Waals surface area (Å²) in [5.74, 6) is 0.915. The molecular formula is C16H27NO2. The summed E-state index contributed by atoms with van der Waals surface area (Å²) in [6, 6.07) is 8.09. The molecule has 0 radical (unpaired) electrons. The van der Waals surface area contributed by atoms with Crippen LogP contribution in [0.1, 0.15) is 32.8 Å². The second-order valence-corrected chi connectivity index (χ2v) is 5.71. The van der Waals surface area contributed by atoms with Crippen LogP contribution in [0, 0.1) is 5.41 Å². The smallest absolute Gasteiger partial charge is 0.119 e. The van der Waals surface area contributed by atoms with Gasteiger partial charge in [-0.1, -0.05) is 32.9 Å². The Kier molecular flexibility index (Phi) is 6.89. The number of benzene rings is 1. The molecule has 0 aliphatic rings. The van der Waals surface area contributed by atoms with Crippen molar-refractivity contribution < 1.29 is 9.47 Å². The van der Waals surface area contributed by atoms with E-state index in [4.69, 9.17) is 9.47 Å². The van der Waals surface area contributed by atoms with E-state index >= 15 is 0 Å². The van der Waals surface area contributed by atoms with Crippen LogP contribution in [0.3, 0.4) is 0 Å². The van der Waals surface area contributed by atoms with Crippen molar-refractivity contribution in [1.82, 2.24) is 5.32 Å². The van der Waals surface area contributed by atoms with Crippen molar-refractivity contribution in [2.45, 2.75) is 33.8 Å². The van der Waals surface area contributed by atoms with E-state index in [-0.39, 0.29) is 5.41 Å². The van der Waals surface area contributed by atoms with Gasteiger partial charge in [-0.15, -0.1) is 0 Å². The molecule has 0 bridgehead atoms. The Labute approximate surface area is 117 Å². The van der Waals surface area contributed by atoms with Crippen molar-refractivity contribution in [1.29, 1.82) is 0 Å².